The Hall–Kier alpha value is -1.34. The summed E-state index contributed by atoms with van der Waals surface area (Å²) < 4.78 is 4.63. The zero-order valence-electron chi connectivity index (χ0n) is 14.8. The van der Waals surface area contributed by atoms with Gasteiger partial charge in [-0.25, -0.2) is 0 Å². The molecular weight excluding hydrogens is 356 g/mol. The van der Waals surface area contributed by atoms with E-state index in [-0.39, 0.29) is 26.1 Å². The summed E-state index contributed by atoms with van der Waals surface area (Å²) in [4.78, 5) is 19.8. The van der Waals surface area contributed by atoms with E-state index in [0.717, 1.165) is 0 Å². The lowest BCUT2D eigenvalue weighted by atomic mass is 9.93. The Labute approximate surface area is 152 Å². The van der Waals surface area contributed by atoms with Gasteiger partial charge in [-0.15, -0.1) is 0 Å². The van der Waals surface area contributed by atoms with E-state index in [1.807, 2.05) is 0 Å². The fraction of sp³-hybridized carbons (Fsp3) is 0.867. The Morgan fingerprint density at radius 1 is 0.654 bits per heavy atom. The van der Waals surface area contributed by atoms with Crippen molar-refractivity contribution in [3.05, 3.63) is 0 Å². The average molecular weight is 388 g/mol. The van der Waals surface area contributed by atoms with Crippen LogP contribution in [-0.4, -0.2) is 106 Å². The van der Waals surface area contributed by atoms with Gasteiger partial charge in [0.2, 0.25) is 0 Å². The van der Waals surface area contributed by atoms with Gasteiger partial charge in [-0.1, -0.05) is 0 Å². The van der Waals surface area contributed by atoms with E-state index in [9.17, 15) is 9.59 Å². The molecule has 8 N–H and O–H groups in total. The second-order valence-electron chi connectivity index (χ2n) is 5.19. The van der Waals surface area contributed by atoms with Crippen LogP contribution >= 0.6 is 0 Å². The van der Waals surface area contributed by atoms with Crippen molar-refractivity contribution in [3.8, 4) is 0 Å². The van der Waals surface area contributed by atoms with Crippen LogP contribution in [0.4, 0.5) is 0 Å². The molecule has 0 unspecified atom stereocenters. The molecule has 0 bridgehead atoms. The third-order valence-corrected chi connectivity index (χ3v) is 2.84. The molecule has 26 heavy (non-hydrogen) atoms. The van der Waals surface area contributed by atoms with E-state index in [1.165, 1.54) is 0 Å². The highest BCUT2D eigenvalue weighted by Gasteiger charge is 2.26. The van der Waals surface area contributed by atoms with Crippen LogP contribution in [0.25, 0.3) is 0 Å². The zero-order chi connectivity index (χ0) is 20.8. The SMILES string of the molecule is O=C(O)CCCCC(=O)O.OCC(CO)(CO)CO.OCCOCCO. The van der Waals surface area contributed by atoms with Crippen molar-refractivity contribution < 1.29 is 55.2 Å². The second-order valence-corrected chi connectivity index (χ2v) is 5.19. The van der Waals surface area contributed by atoms with Crippen molar-refractivity contribution in [3.63, 3.8) is 0 Å². The Kier molecular flexibility index (Phi) is 24.6. The predicted molar refractivity (Wildman–Crippen MR) is 89.5 cm³/mol. The summed E-state index contributed by atoms with van der Waals surface area (Å²) in [5, 5.41) is 66.4. The van der Waals surface area contributed by atoms with Gasteiger partial charge < -0.3 is 45.6 Å². The number of ether oxygens (including phenoxy) is 1. The Morgan fingerprint density at radius 3 is 1.12 bits per heavy atom. The summed E-state index contributed by atoms with van der Waals surface area (Å²) in [6.45, 7) is -0.929. The van der Waals surface area contributed by atoms with E-state index >= 15 is 0 Å². The molecule has 11 heteroatoms. The molecule has 0 amide bonds. The molecule has 0 aliphatic rings. The smallest absolute Gasteiger partial charge is 0.303 e. The minimum atomic E-state index is -1.11. The molecular formula is C15H32O11. The van der Waals surface area contributed by atoms with Crippen LogP contribution in [0.5, 0.6) is 0 Å². The first-order chi connectivity index (χ1) is 12.3. The number of hydrogen-bond donors (Lipinski definition) is 8. The van der Waals surface area contributed by atoms with Crippen molar-refractivity contribution in [1.29, 1.82) is 0 Å². The fourth-order valence-electron chi connectivity index (χ4n) is 1.08. The Balaban J connectivity index is -0.000000310. The first-order valence-corrected chi connectivity index (χ1v) is 7.95. The van der Waals surface area contributed by atoms with Gasteiger partial charge in [-0.3, -0.25) is 9.59 Å². The number of carboxylic acids is 2. The molecule has 11 nitrogen and oxygen atoms in total. The molecule has 0 saturated heterocycles. The maximum Gasteiger partial charge on any atom is 0.303 e. The summed E-state index contributed by atoms with van der Waals surface area (Å²) in [6, 6.07) is 0. The number of rotatable bonds is 13. The molecule has 0 saturated carbocycles. The van der Waals surface area contributed by atoms with Crippen LogP contribution < -0.4 is 0 Å². The van der Waals surface area contributed by atoms with Gasteiger partial charge in [0, 0.05) is 12.8 Å². The fourth-order valence-corrected chi connectivity index (χ4v) is 1.08. The molecule has 0 heterocycles. The second kappa shape index (κ2) is 21.7. The van der Waals surface area contributed by atoms with E-state index in [1.54, 1.807) is 0 Å². The standard InChI is InChI=1S/C6H10O4.C5H12O4.C4H10O3/c7-5(8)3-1-2-4-6(9)10;6-1-5(2-7,3-8)4-9;5-1-3-7-4-2-6/h1-4H2,(H,7,8)(H,9,10);6-9H,1-4H2;5-6H,1-4H2. The largest absolute Gasteiger partial charge is 0.481 e. The molecule has 0 aromatic carbocycles. The maximum atomic E-state index is 9.90. The van der Waals surface area contributed by atoms with Crippen LogP contribution in [-0.2, 0) is 14.3 Å². The summed E-state index contributed by atoms with van der Waals surface area (Å²) >= 11 is 0. The van der Waals surface area contributed by atoms with Gasteiger partial charge in [0.1, 0.15) is 0 Å². The summed E-state index contributed by atoms with van der Waals surface area (Å²) in [6.07, 6.45) is 1.02. The zero-order valence-corrected chi connectivity index (χ0v) is 14.8. The van der Waals surface area contributed by atoms with E-state index in [0.29, 0.717) is 26.1 Å². The highest BCUT2D eigenvalue weighted by Crippen LogP contribution is 2.11. The molecule has 0 radical (unpaired) electrons. The quantitative estimate of drug-likeness (QED) is 0.157. The lowest BCUT2D eigenvalue weighted by molar-refractivity contribution is -0.139. The number of hydrogen-bond acceptors (Lipinski definition) is 9. The van der Waals surface area contributed by atoms with Crippen LogP contribution in [0, 0.1) is 5.41 Å². The number of aliphatic hydroxyl groups excluding tert-OH is 6. The van der Waals surface area contributed by atoms with E-state index in [4.69, 9.17) is 40.9 Å². The van der Waals surface area contributed by atoms with Crippen molar-refractivity contribution in [1.82, 2.24) is 0 Å². The molecule has 0 aliphatic heterocycles. The molecule has 0 atom stereocenters. The monoisotopic (exact) mass is 388 g/mol. The minimum Gasteiger partial charge on any atom is -0.481 e. The lowest BCUT2D eigenvalue weighted by Crippen LogP contribution is -2.37. The van der Waals surface area contributed by atoms with Crippen molar-refractivity contribution >= 4 is 11.9 Å². The third-order valence-electron chi connectivity index (χ3n) is 2.84. The Morgan fingerprint density at radius 2 is 0.962 bits per heavy atom. The summed E-state index contributed by atoms with van der Waals surface area (Å²) in [5.41, 5.74) is -1.11. The molecule has 158 valence electrons. The maximum absolute atomic E-state index is 9.90. The first-order valence-electron chi connectivity index (χ1n) is 7.95. The Bertz CT molecular complexity index is 281. The first kappa shape index (κ1) is 29.4. The van der Waals surface area contributed by atoms with Gasteiger partial charge >= 0.3 is 11.9 Å². The van der Waals surface area contributed by atoms with Gasteiger partial charge in [0.05, 0.1) is 58.3 Å². The minimum absolute atomic E-state index is 0.0278. The van der Waals surface area contributed by atoms with Gasteiger partial charge in [-0.2, -0.15) is 0 Å². The number of carbonyl (C=O) groups is 2. The topological polar surface area (TPSA) is 205 Å². The lowest BCUT2D eigenvalue weighted by Gasteiger charge is -2.23. The third kappa shape index (κ3) is 22.7. The van der Waals surface area contributed by atoms with Crippen molar-refractivity contribution in [2.45, 2.75) is 25.7 Å². The summed E-state index contributed by atoms with van der Waals surface area (Å²) in [5.74, 6) is -1.74. The van der Waals surface area contributed by atoms with Crippen LogP contribution in [0.2, 0.25) is 0 Å². The van der Waals surface area contributed by atoms with Crippen LogP contribution in [0.1, 0.15) is 25.7 Å². The predicted octanol–water partition coefficient (Wildman–Crippen LogP) is -2.35. The highest BCUT2D eigenvalue weighted by molar-refractivity contribution is 5.67. The van der Waals surface area contributed by atoms with Crippen LogP contribution in [0.15, 0.2) is 0 Å². The number of aliphatic hydroxyl groups is 6. The van der Waals surface area contributed by atoms with Gasteiger partial charge in [0.25, 0.3) is 0 Å². The normalized spacial score (nSPS) is 10.2. The van der Waals surface area contributed by atoms with Crippen molar-refractivity contribution in [2.75, 3.05) is 52.9 Å². The highest BCUT2D eigenvalue weighted by atomic mass is 16.5. The average Bonchev–Trinajstić information content (AvgIpc) is 2.63. The van der Waals surface area contributed by atoms with Gasteiger partial charge in [-0.05, 0) is 12.8 Å². The molecule has 0 rings (SSSR count). The van der Waals surface area contributed by atoms with Crippen molar-refractivity contribution in [2.24, 2.45) is 5.41 Å². The molecule has 0 spiro atoms. The van der Waals surface area contributed by atoms with Gasteiger partial charge in [0.15, 0.2) is 0 Å². The molecule has 0 aromatic rings. The van der Waals surface area contributed by atoms with E-state index in [2.05, 4.69) is 4.74 Å². The number of aliphatic carboxylic acids is 2. The molecule has 0 aliphatic carbocycles. The number of carboxylic acid groups (broad SMARTS) is 2. The molecule has 0 fully saturated rings. The van der Waals surface area contributed by atoms with E-state index < -0.39 is 43.8 Å². The molecule has 0 aromatic heterocycles. The number of unbranched alkanes of at least 4 members (excludes halogenated alkanes) is 1. The van der Waals surface area contributed by atoms with Crippen LogP contribution in [0.3, 0.4) is 0 Å². The summed E-state index contributed by atoms with van der Waals surface area (Å²) in [7, 11) is 0.